The average molecular weight is 1040 g/mol. The minimum absolute atomic E-state index is 1.13. The predicted octanol–water partition coefficient (Wildman–Crippen LogP) is 20.9. The predicted molar refractivity (Wildman–Crippen MR) is 347 cm³/mol. The fraction of sp³-hybridized carbons (Fsp3) is 0. The van der Waals surface area contributed by atoms with Gasteiger partial charge in [0.25, 0.3) is 0 Å². The Morgan fingerprint density at radius 3 is 0.854 bits per heavy atom. The maximum atomic E-state index is 2.53. The molecule has 0 amide bonds. The van der Waals surface area contributed by atoms with E-state index < -0.39 is 0 Å². The van der Waals surface area contributed by atoms with Crippen LogP contribution in [0.1, 0.15) is 0 Å². The number of hydrogen-bond acceptors (Lipinski definition) is 0. The largest absolute Gasteiger partial charge is 0.309 e. The molecular formula is C78H48N4. The molecule has 18 rings (SSSR count). The molecule has 82 heavy (non-hydrogen) atoms. The lowest BCUT2D eigenvalue weighted by Crippen LogP contribution is -1.96. The second-order valence-electron chi connectivity index (χ2n) is 21.9. The van der Waals surface area contributed by atoms with Crippen molar-refractivity contribution >= 4 is 120 Å². The zero-order valence-electron chi connectivity index (χ0n) is 44.5. The van der Waals surface area contributed by atoms with Crippen molar-refractivity contribution in [3.63, 3.8) is 0 Å². The Balaban J connectivity index is 0.840. The maximum Gasteiger partial charge on any atom is 0.0626 e. The first-order chi connectivity index (χ1) is 40.7. The molecule has 0 N–H and O–H groups in total. The Morgan fingerprint density at radius 2 is 0.451 bits per heavy atom. The molecule has 4 heteroatoms. The van der Waals surface area contributed by atoms with Gasteiger partial charge in [0.2, 0.25) is 0 Å². The molecule has 0 aliphatic rings. The molecule has 14 aromatic carbocycles. The van der Waals surface area contributed by atoms with Crippen LogP contribution >= 0.6 is 0 Å². The first-order valence-corrected chi connectivity index (χ1v) is 28.3. The number of para-hydroxylation sites is 6. The summed E-state index contributed by atoms with van der Waals surface area (Å²) in [5, 5.41) is 17.5. The zero-order chi connectivity index (χ0) is 53.6. The number of aromatic nitrogens is 4. The summed E-state index contributed by atoms with van der Waals surface area (Å²) in [5.74, 6) is 0. The van der Waals surface area contributed by atoms with Gasteiger partial charge in [-0.25, -0.2) is 0 Å². The second kappa shape index (κ2) is 17.3. The molecule has 0 atom stereocenters. The summed E-state index contributed by atoms with van der Waals surface area (Å²) in [6.07, 6.45) is 0. The normalized spacial score (nSPS) is 12.1. The van der Waals surface area contributed by atoms with E-state index in [9.17, 15) is 0 Å². The molecule has 0 spiro atoms. The standard InChI is InChI=1S/C78H48N4/c1-3-19-53(20-4-1)79-67-31-15-11-23-57(67)65-47-51(39-45-71(65)79)49-35-41-55(42-36-49)81-69-33-17-13-29-63(69)74-76-73(59-25-7-9-27-61(59)77(74)81)60-26-8-10-28-62(60)78-75(76)64-30-14-18-34-70(64)82(78)56-43-37-50(38-44-56)52-40-46-72-66(48-52)58-24-12-16-32-68(58)80(72)54-21-5-2-6-22-54/h1-48H. The highest BCUT2D eigenvalue weighted by Crippen LogP contribution is 2.51. The van der Waals surface area contributed by atoms with Gasteiger partial charge in [-0.05, 0) is 135 Å². The molecule has 0 saturated heterocycles. The van der Waals surface area contributed by atoms with Gasteiger partial charge >= 0.3 is 0 Å². The summed E-state index contributed by atoms with van der Waals surface area (Å²) in [5.41, 5.74) is 19.0. The number of benzene rings is 14. The first kappa shape index (κ1) is 45.0. The van der Waals surface area contributed by atoms with Crippen molar-refractivity contribution in [2.24, 2.45) is 0 Å². The van der Waals surface area contributed by atoms with Crippen LogP contribution in [-0.2, 0) is 0 Å². The number of nitrogens with zero attached hydrogens (tertiary/aromatic N) is 4. The van der Waals surface area contributed by atoms with Gasteiger partial charge < -0.3 is 18.3 Å². The van der Waals surface area contributed by atoms with Gasteiger partial charge in [0.15, 0.2) is 0 Å². The highest BCUT2D eigenvalue weighted by atomic mass is 15.0. The van der Waals surface area contributed by atoms with Crippen molar-refractivity contribution in [2.45, 2.75) is 0 Å². The van der Waals surface area contributed by atoms with Crippen molar-refractivity contribution < 1.29 is 0 Å². The molecule has 4 heterocycles. The van der Waals surface area contributed by atoms with E-state index in [2.05, 4.69) is 309 Å². The maximum absolute atomic E-state index is 2.53. The van der Waals surface area contributed by atoms with Crippen molar-refractivity contribution in [2.75, 3.05) is 0 Å². The van der Waals surface area contributed by atoms with Crippen molar-refractivity contribution in [1.29, 1.82) is 0 Å². The van der Waals surface area contributed by atoms with E-state index in [1.165, 1.54) is 142 Å². The molecule has 380 valence electrons. The number of rotatable bonds is 6. The van der Waals surface area contributed by atoms with Crippen LogP contribution in [0.2, 0.25) is 0 Å². The third kappa shape index (κ3) is 6.32. The quantitative estimate of drug-likeness (QED) is 0.148. The van der Waals surface area contributed by atoms with Crippen LogP contribution in [0, 0.1) is 0 Å². The number of fused-ring (bicyclic) bond motifs is 21. The fourth-order valence-corrected chi connectivity index (χ4v) is 14.3. The minimum Gasteiger partial charge on any atom is -0.309 e. The average Bonchev–Trinajstić information content (AvgIpc) is 2.22. The summed E-state index contributed by atoms with van der Waals surface area (Å²) >= 11 is 0. The minimum atomic E-state index is 1.13. The molecule has 0 unspecified atom stereocenters. The van der Waals surface area contributed by atoms with Crippen molar-refractivity contribution in [1.82, 2.24) is 18.3 Å². The van der Waals surface area contributed by atoms with Crippen LogP contribution in [0.25, 0.3) is 165 Å². The molecule has 0 bridgehead atoms. The Morgan fingerprint density at radius 1 is 0.159 bits per heavy atom. The summed E-state index contributed by atoms with van der Waals surface area (Å²) in [6, 6.07) is 108. The number of hydrogen-bond donors (Lipinski definition) is 0. The monoisotopic (exact) mass is 1040 g/mol. The van der Waals surface area contributed by atoms with Gasteiger partial charge in [-0.1, -0.05) is 194 Å². The molecule has 0 fully saturated rings. The SMILES string of the molecule is c1ccc(-n2c3ccccc3c3cc(-c4ccc(-n5c6ccccc6c6c7c(c8ccccc8c65)c5ccccc5c5c7c6ccccc6n5-c5ccc(-c6ccc7c(c6)c6ccccc6n7-c6ccccc6)cc5)cc4)ccc32)cc1. The molecule has 4 nitrogen and oxygen atoms in total. The Kier molecular flexibility index (Phi) is 9.48. The van der Waals surface area contributed by atoms with Crippen LogP contribution in [-0.4, -0.2) is 18.3 Å². The lowest BCUT2D eigenvalue weighted by Gasteiger charge is -2.17. The molecule has 0 aliphatic heterocycles. The van der Waals surface area contributed by atoms with E-state index in [1.54, 1.807) is 0 Å². The van der Waals surface area contributed by atoms with Gasteiger partial charge in [-0.15, -0.1) is 0 Å². The third-order valence-electron chi connectivity index (χ3n) is 17.7. The van der Waals surface area contributed by atoms with E-state index in [-0.39, 0.29) is 0 Å². The van der Waals surface area contributed by atoms with E-state index >= 15 is 0 Å². The Labute approximate surface area is 471 Å². The summed E-state index contributed by atoms with van der Waals surface area (Å²) in [4.78, 5) is 0. The summed E-state index contributed by atoms with van der Waals surface area (Å²) in [6.45, 7) is 0. The fourth-order valence-electron chi connectivity index (χ4n) is 14.3. The van der Waals surface area contributed by atoms with E-state index in [4.69, 9.17) is 0 Å². The van der Waals surface area contributed by atoms with E-state index in [0.717, 1.165) is 22.7 Å². The smallest absolute Gasteiger partial charge is 0.0626 e. The first-order valence-electron chi connectivity index (χ1n) is 28.3. The van der Waals surface area contributed by atoms with Crippen LogP contribution in [0.3, 0.4) is 0 Å². The third-order valence-corrected chi connectivity index (χ3v) is 17.7. The van der Waals surface area contributed by atoms with Crippen LogP contribution in [0.15, 0.2) is 291 Å². The molecule has 0 aliphatic carbocycles. The molecule has 4 aromatic heterocycles. The Hall–Kier alpha value is -10.9. The summed E-state index contributed by atoms with van der Waals surface area (Å²) in [7, 11) is 0. The lowest BCUT2D eigenvalue weighted by molar-refractivity contribution is 1.18. The Bertz CT molecular complexity index is 5310. The molecule has 0 saturated carbocycles. The highest BCUT2D eigenvalue weighted by molar-refractivity contribution is 6.45. The van der Waals surface area contributed by atoms with Crippen molar-refractivity contribution in [3.8, 4) is 45.0 Å². The van der Waals surface area contributed by atoms with Crippen molar-refractivity contribution in [3.05, 3.63) is 291 Å². The molecular weight excluding hydrogens is 993 g/mol. The van der Waals surface area contributed by atoms with Gasteiger partial charge in [-0.2, -0.15) is 0 Å². The summed E-state index contributed by atoms with van der Waals surface area (Å²) < 4.78 is 9.83. The lowest BCUT2D eigenvalue weighted by atomic mass is 9.89. The van der Waals surface area contributed by atoms with Crippen LogP contribution < -0.4 is 0 Å². The van der Waals surface area contributed by atoms with E-state index in [1.807, 2.05) is 0 Å². The second-order valence-corrected chi connectivity index (χ2v) is 21.9. The van der Waals surface area contributed by atoms with Crippen LogP contribution in [0.5, 0.6) is 0 Å². The zero-order valence-corrected chi connectivity index (χ0v) is 44.5. The van der Waals surface area contributed by atoms with Gasteiger partial charge in [0, 0.05) is 82.0 Å². The highest BCUT2D eigenvalue weighted by Gasteiger charge is 2.26. The van der Waals surface area contributed by atoms with Gasteiger partial charge in [0.1, 0.15) is 0 Å². The molecule has 18 aromatic rings. The van der Waals surface area contributed by atoms with E-state index in [0.29, 0.717) is 0 Å². The topological polar surface area (TPSA) is 19.7 Å². The van der Waals surface area contributed by atoms with Crippen LogP contribution in [0.4, 0.5) is 0 Å². The van der Waals surface area contributed by atoms with Gasteiger partial charge in [-0.3, -0.25) is 0 Å². The van der Waals surface area contributed by atoms with Gasteiger partial charge in [0.05, 0.1) is 44.1 Å². The molecule has 0 radical (unpaired) electrons.